The van der Waals surface area contributed by atoms with E-state index in [9.17, 15) is 4.39 Å². The lowest BCUT2D eigenvalue weighted by molar-refractivity contribution is 0.311. The van der Waals surface area contributed by atoms with Gasteiger partial charge in [0.1, 0.15) is 11.6 Å². The van der Waals surface area contributed by atoms with Gasteiger partial charge in [0.2, 0.25) is 11.6 Å². The fraction of sp³-hybridized carbons (Fsp3) is 0.375. The maximum atomic E-state index is 15.2. The number of nitrogens with zero attached hydrogens (tertiary/aromatic N) is 5. The predicted octanol–water partition coefficient (Wildman–Crippen LogP) is 4.55. The molecule has 3 aromatic rings. The van der Waals surface area contributed by atoms with Gasteiger partial charge in [0, 0.05) is 43.9 Å². The Morgan fingerprint density at radius 3 is 2.65 bits per heavy atom. The highest BCUT2D eigenvalue weighted by atomic mass is 19.1. The van der Waals surface area contributed by atoms with Gasteiger partial charge in [-0.15, -0.1) is 0 Å². The fourth-order valence-electron chi connectivity index (χ4n) is 4.13. The van der Waals surface area contributed by atoms with E-state index in [4.69, 9.17) is 9.26 Å². The summed E-state index contributed by atoms with van der Waals surface area (Å²) in [6.07, 6.45) is 2.95. The Kier molecular flexibility index (Phi) is 5.91. The van der Waals surface area contributed by atoms with Crippen LogP contribution in [0, 0.1) is 11.6 Å². The molecule has 0 spiro atoms. The van der Waals surface area contributed by atoms with E-state index in [-0.39, 0.29) is 6.01 Å². The Morgan fingerprint density at radius 1 is 1.12 bits per heavy atom. The van der Waals surface area contributed by atoms with E-state index in [0.717, 1.165) is 43.9 Å². The summed E-state index contributed by atoms with van der Waals surface area (Å²) in [5, 5.41) is 7.03. The molecule has 1 fully saturated rings. The van der Waals surface area contributed by atoms with Crippen molar-refractivity contribution in [3.8, 4) is 11.8 Å². The van der Waals surface area contributed by atoms with Crippen molar-refractivity contribution >= 4 is 23.6 Å². The number of allylic oxidation sites excluding steroid dienone is 1. The van der Waals surface area contributed by atoms with Crippen molar-refractivity contribution in [1.82, 2.24) is 20.0 Å². The molecule has 1 aliphatic carbocycles. The summed E-state index contributed by atoms with van der Waals surface area (Å²) in [6, 6.07) is 4.68. The molecule has 0 unspecified atom stereocenters. The number of halogens is 2. The van der Waals surface area contributed by atoms with Crippen molar-refractivity contribution < 1.29 is 18.0 Å². The van der Waals surface area contributed by atoms with E-state index in [0.29, 0.717) is 35.1 Å². The van der Waals surface area contributed by atoms with E-state index in [1.54, 1.807) is 18.2 Å². The molecule has 2 aliphatic rings. The quantitative estimate of drug-likeness (QED) is 0.564. The van der Waals surface area contributed by atoms with Gasteiger partial charge in [0.25, 0.3) is 0 Å². The van der Waals surface area contributed by atoms with Crippen LogP contribution in [0.5, 0.6) is 11.8 Å². The normalized spacial score (nSPS) is 15.9. The van der Waals surface area contributed by atoms with E-state index in [2.05, 4.69) is 37.3 Å². The Bertz CT molecular complexity index is 1250. The smallest absolute Gasteiger partial charge is 0.326 e. The van der Waals surface area contributed by atoms with Crippen LogP contribution in [0.3, 0.4) is 0 Å². The molecule has 1 aromatic carbocycles. The Labute approximate surface area is 196 Å². The van der Waals surface area contributed by atoms with Crippen molar-refractivity contribution in [2.45, 2.75) is 26.7 Å². The van der Waals surface area contributed by atoms with Crippen LogP contribution in [0.25, 0.3) is 6.08 Å². The molecule has 2 aromatic heterocycles. The largest absolute Gasteiger partial charge is 0.418 e. The van der Waals surface area contributed by atoms with E-state index in [1.807, 2.05) is 13.8 Å². The molecule has 1 saturated heterocycles. The van der Waals surface area contributed by atoms with Crippen LogP contribution in [0.15, 0.2) is 28.3 Å². The summed E-state index contributed by atoms with van der Waals surface area (Å²) in [5.41, 5.74) is 2.70. The van der Waals surface area contributed by atoms with Gasteiger partial charge in [0.15, 0.2) is 11.6 Å². The first kappa shape index (κ1) is 22.3. The maximum absolute atomic E-state index is 15.2. The van der Waals surface area contributed by atoms with Crippen LogP contribution in [-0.4, -0.2) is 53.3 Å². The molecule has 0 saturated carbocycles. The molecule has 3 heterocycles. The standard InChI is InChI=1S/C24H26F2N6O2/c1-4-16-12-21(34-30-16)27-19-13-20(32-7-5-31(3)6-8-32)29-24(28-19)33-23-18(25)11-15-9-14(2)10-17(15)22(23)26/h10-13H,4-9H2,1-3H3,(H,27,28,29). The second-order valence-electron chi connectivity index (χ2n) is 8.69. The number of fused-ring (bicyclic) bond motifs is 1. The topological polar surface area (TPSA) is 79.5 Å². The number of aryl methyl sites for hydroxylation is 1. The molecule has 1 N–H and O–H groups in total. The van der Waals surface area contributed by atoms with Gasteiger partial charge in [-0.25, -0.2) is 8.78 Å². The number of piperazine rings is 1. The zero-order valence-electron chi connectivity index (χ0n) is 19.4. The minimum atomic E-state index is -0.787. The second kappa shape index (κ2) is 9.02. The molecular weight excluding hydrogens is 442 g/mol. The highest BCUT2D eigenvalue weighted by Gasteiger charge is 2.25. The van der Waals surface area contributed by atoms with Crippen LogP contribution < -0.4 is 15.0 Å². The van der Waals surface area contributed by atoms with Crippen molar-refractivity contribution in [2.24, 2.45) is 0 Å². The zero-order chi connectivity index (χ0) is 23.8. The number of hydrogen-bond acceptors (Lipinski definition) is 8. The lowest BCUT2D eigenvalue weighted by atomic mass is 10.1. The minimum absolute atomic E-state index is 0.161. The lowest BCUT2D eigenvalue weighted by Crippen LogP contribution is -2.44. The number of hydrogen-bond donors (Lipinski definition) is 1. The van der Waals surface area contributed by atoms with Crippen molar-refractivity contribution in [2.75, 3.05) is 43.4 Å². The number of nitrogens with one attached hydrogen (secondary N) is 1. The predicted molar refractivity (Wildman–Crippen MR) is 125 cm³/mol. The first-order valence-corrected chi connectivity index (χ1v) is 11.3. The molecule has 10 heteroatoms. The number of aromatic nitrogens is 3. The summed E-state index contributed by atoms with van der Waals surface area (Å²) >= 11 is 0. The summed E-state index contributed by atoms with van der Waals surface area (Å²) in [7, 11) is 2.06. The highest BCUT2D eigenvalue weighted by molar-refractivity contribution is 5.66. The van der Waals surface area contributed by atoms with Gasteiger partial charge in [-0.1, -0.05) is 23.7 Å². The van der Waals surface area contributed by atoms with Crippen LogP contribution in [-0.2, 0) is 12.8 Å². The molecule has 0 amide bonds. The SMILES string of the molecule is CCc1cc(Nc2cc(N3CCN(C)CC3)nc(Oc3c(F)cc4c(c3F)C=C(C)C4)n2)on1. The van der Waals surface area contributed by atoms with Gasteiger partial charge in [-0.2, -0.15) is 9.97 Å². The Hall–Kier alpha value is -3.53. The number of anilines is 3. The molecule has 0 radical (unpaired) electrons. The van der Waals surface area contributed by atoms with Gasteiger partial charge in [-0.3, -0.25) is 0 Å². The van der Waals surface area contributed by atoms with Crippen LogP contribution in [0.2, 0.25) is 0 Å². The first-order chi connectivity index (χ1) is 16.4. The summed E-state index contributed by atoms with van der Waals surface area (Å²) in [5.74, 6) is -0.687. The van der Waals surface area contributed by atoms with Gasteiger partial charge >= 0.3 is 6.01 Å². The molecule has 0 bridgehead atoms. The molecule has 178 valence electrons. The van der Waals surface area contributed by atoms with Gasteiger partial charge in [0.05, 0.1) is 5.69 Å². The summed E-state index contributed by atoms with van der Waals surface area (Å²) in [4.78, 5) is 13.1. The van der Waals surface area contributed by atoms with Crippen LogP contribution in [0.4, 0.5) is 26.3 Å². The molecule has 1 aliphatic heterocycles. The second-order valence-corrected chi connectivity index (χ2v) is 8.69. The lowest BCUT2D eigenvalue weighted by Gasteiger charge is -2.33. The van der Waals surface area contributed by atoms with Crippen molar-refractivity contribution in [3.63, 3.8) is 0 Å². The van der Waals surface area contributed by atoms with Crippen LogP contribution in [0.1, 0.15) is 30.7 Å². The average molecular weight is 469 g/mol. The molecule has 0 atom stereocenters. The first-order valence-electron chi connectivity index (χ1n) is 11.3. The molecule has 34 heavy (non-hydrogen) atoms. The Balaban J connectivity index is 1.50. The summed E-state index contributed by atoms with van der Waals surface area (Å²) < 4.78 is 40.9. The fourth-order valence-corrected chi connectivity index (χ4v) is 4.13. The minimum Gasteiger partial charge on any atom is -0.418 e. The Morgan fingerprint density at radius 2 is 1.91 bits per heavy atom. The molecule has 8 nitrogen and oxygen atoms in total. The molecular formula is C24H26F2N6O2. The number of rotatable bonds is 6. The zero-order valence-corrected chi connectivity index (χ0v) is 19.4. The van der Waals surface area contributed by atoms with Gasteiger partial charge in [-0.05, 0) is 38.4 Å². The van der Waals surface area contributed by atoms with E-state index < -0.39 is 17.4 Å². The number of benzene rings is 1. The number of likely N-dealkylation sites (N-methyl/N-ethyl adjacent to an activating group) is 1. The van der Waals surface area contributed by atoms with E-state index >= 15 is 4.39 Å². The third-order valence-corrected chi connectivity index (χ3v) is 6.04. The highest BCUT2D eigenvalue weighted by Crippen LogP contribution is 2.36. The molecule has 5 rings (SSSR count). The maximum Gasteiger partial charge on any atom is 0.326 e. The average Bonchev–Trinajstić information content (AvgIpc) is 3.42. The number of ether oxygens (including phenoxy) is 1. The van der Waals surface area contributed by atoms with E-state index in [1.165, 1.54) is 6.07 Å². The monoisotopic (exact) mass is 468 g/mol. The van der Waals surface area contributed by atoms with Gasteiger partial charge < -0.3 is 24.4 Å². The van der Waals surface area contributed by atoms with Crippen LogP contribution >= 0.6 is 0 Å². The van der Waals surface area contributed by atoms with Crippen molar-refractivity contribution in [3.05, 3.63) is 52.2 Å². The van der Waals surface area contributed by atoms with Crippen molar-refractivity contribution in [1.29, 1.82) is 0 Å². The third-order valence-electron chi connectivity index (χ3n) is 6.04. The summed E-state index contributed by atoms with van der Waals surface area (Å²) in [6.45, 7) is 7.09. The third kappa shape index (κ3) is 4.45.